The average Bonchev–Trinajstić information content (AvgIpc) is 3.18. The summed E-state index contributed by atoms with van der Waals surface area (Å²) < 4.78 is 17.0. The first-order chi connectivity index (χ1) is 16.6. The Morgan fingerprint density at radius 2 is 1.79 bits per heavy atom. The van der Waals surface area contributed by atoms with E-state index in [9.17, 15) is 4.79 Å². The number of hydrogen-bond acceptors (Lipinski definition) is 6. The van der Waals surface area contributed by atoms with Gasteiger partial charge < -0.3 is 19.5 Å². The number of benzene rings is 3. The zero-order valence-corrected chi connectivity index (χ0v) is 20.3. The van der Waals surface area contributed by atoms with E-state index in [0.717, 1.165) is 11.1 Å². The van der Waals surface area contributed by atoms with Gasteiger partial charge in [-0.25, -0.2) is 4.99 Å². The molecule has 1 heterocycles. The lowest BCUT2D eigenvalue weighted by molar-refractivity contribution is -0.115. The van der Waals surface area contributed by atoms with E-state index in [-0.39, 0.29) is 5.91 Å². The monoisotopic (exact) mass is 494 g/mol. The fourth-order valence-electron chi connectivity index (χ4n) is 3.20. The lowest BCUT2D eigenvalue weighted by atomic mass is 10.2. The predicted molar refractivity (Wildman–Crippen MR) is 137 cm³/mol. The number of aliphatic imine (C=N–C) groups is 1. The largest absolute Gasteiger partial charge is 0.493 e. The lowest BCUT2D eigenvalue weighted by Gasteiger charge is -2.11. The second-order valence-corrected chi connectivity index (χ2v) is 8.67. The van der Waals surface area contributed by atoms with Crippen LogP contribution in [-0.2, 0) is 11.4 Å². The van der Waals surface area contributed by atoms with Crippen molar-refractivity contribution < 1.29 is 19.0 Å². The van der Waals surface area contributed by atoms with Crippen LogP contribution in [0.5, 0.6) is 17.2 Å². The summed E-state index contributed by atoms with van der Waals surface area (Å²) in [6.45, 7) is 2.84. The molecular formula is C26H23ClN2O4S. The highest BCUT2D eigenvalue weighted by Gasteiger charge is 2.24. The van der Waals surface area contributed by atoms with Gasteiger partial charge in [-0.3, -0.25) is 4.79 Å². The molecule has 0 aliphatic carbocycles. The SMILES string of the molecule is CCOc1ccccc1N=C1NC(=O)/C(=C/c2ccc(OCc3ccc(Cl)cc3)c(OC)c2)S1. The van der Waals surface area contributed by atoms with Crippen LogP contribution in [0.2, 0.25) is 5.02 Å². The number of carbonyl (C=O) groups is 1. The number of rotatable bonds is 8. The molecule has 6 nitrogen and oxygen atoms in total. The average molecular weight is 495 g/mol. The highest BCUT2D eigenvalue weighted by Crippen LogP contribution is 2.34. The summed E-state index contributed by atoms with van der Waals surface area (Å²) in [5.41, 5.74) is 2.47. The third-order valence-electron chi connectivity index (χ3n) is 4.83. The van der Waals surface area contributed by atoms with Crippen molar-refractivity contribution in [3.05, 3.63) is 87.8 Å². The summed E-state index contributed by atoms with van der Waals surface area (Å²) in [6.07, 6.45) is 1.79. The minimum absolute atomic E-state index is 0.209. The standard InChI is InChI=1S/C26H23ClN2O4S/c1-3-32-21-7-5-4-6-20(21)28-26-29-25(30)24(34-26)15-18-10-13-22(23(14-18)31-2)33-16-17-8-11-19(27)12-9-17/h4-15H,3,16H2,1-2H3,(H,28,29,30)/b24-15-. The Labute approximate surface area is 207 Å². The van der Waals surface area contributed by atoms with Crippen LogP contribution in [0.4, 0.5) is 5.69 Å². The van der Waals surface area contributed by atoms with E-state index >= 15 is 0 Å². The number of para-hydroxylation sites is 2. The maximum Gasteiger partial charge on any atom is 0.264 e. The Hall–Kier alpha value is -3.42. The van der Waals surface area contributed by atoms with Gasteiger partial charge in [-0.1, -0.05) is 41.9 Å². The van der Waals surface area contributed by atoms with Gasteiger partial charge in [0.25, 0.3) is 5.91 Å². The molecule has 174 valence electrons. The Morgan fingerprint density at radius 1 is 1.00 bits per heavy atom. The summed E-state index contributed by atoms with van der Waals surface area (Å²) in [5, 5.41) is 3.99. The Morgan fingerprint density at radius 3 is 2.56 bits per heavy atom. The van der Waals surface area contributed by atoms with Crippen LogP contribution in [-0.4, -0.2) is 24.8 Å². The summed E-state index contributed by atoms with van der Waals surface area (Å²) >= 11 is 7.21. The predicted octanol–water partition coefficient (Wildman–Crippen LogP) is 6.22. The lowest BCUT2D eigenvalue weighted by Crippen LogP contribution is -2.19. The van der Waals surface area contributed by atoms with Crippen LogP contribution in [0.15, 0.2) is 76.6 Å². The third-order valence-corrected chi connectivity index (χ3v) is 5.99. The Balaban J connectivity index is 1.49. The summed E-state index contributed by atoms with van der Waals surface area (Å²) in [5.74, 6) is 1.65. The molecule has 0 bridgehead atoms. The van der Waals surface area contributed by atoms with Crippen LogP contribution in [0.1, 0.15) is 18.1 Å². The molecule has 4 rings (SSSR count). The van der Waals surface area contributed by atoms with Crippen molar-refractivity contribution in [2.24, 2.45) is 4.99 Å². The normalized spacial score (nSPS) is 15.4. The number of amidine groups is 1. The van der Waals surface area contributed by atoms with E-state index in [1.807, 2.05) is 73.7 Å². The van der Waals surface area contributed by atoms with Gasteiger partial charge in [0.15, 0.2) is 16.7 Å². The molecule has 0 saturated carbocycles. The van der Waals surface area contributed by atoms with E-state index in [4.69, 9.17) is 25.8 Å². The summed E-state index contributed by atoms with van der Waals surface area (Å²) in [6, 6.07) is 20.5. The first-order valence-electron chi connectivity index (χ1n) is 10.6. The van der Waals surface area contributed by atoms with Gasteiger partial charge in [-0.15, -0.1) is 0 Å². The quantitative estimate of drug-likeness (QED) is 0.376. The zero-order valence-electron chi connectivity index (χ0n) is 18.7. The minimum atomic E-state index is -0.209. The molecule has 1 N–H and O–H groups in total. The Bertz CT molecular complexity index is 1240. The van der Waals surface area contributed by atoms with Crippen molar-refractivity contribution in [2.75, 3.05) is 13.7 Å². The van der Waals surface area contributed by atoms with Crippen LogP contribution in [0, 0.1) is 0 Å². The molecule has 3 aromatic rings. The van der Waals surface area contributed by atoms with Crippen LogP contribution in [0.25, 0.3) is 6.08 Å². The fraction of sp³-hybridized carbons (Fsp3) is 0.154. The van der Waals surface area contributed by atoms with E-state index in [1.54, 1.807) is 13.2 Å². The van der Waals surface area contributed by atoms with Crippen molar-refractivity contribution in [1.82, 2.24) is 5.32 Å². The molecule has 34 heavy (non-hydrogen) atoms. The number of hydrogen-bond donors (Lipinski definition) is 1. The van der Waals surface area contributed by atoms with Crippen molar-refractivity contribution in [3.63, 3.8) is 0 Å². The number of methoxy groups -OCH3 is 1. The first kappa shape index (κ1) is 23.7. The van der Waals surface area contributed by atoms with Gasteiger partial charge >= 0.3 is 0 Å². The minimum Gasteiger partial charge on any atom is -0.493 e. The topological polar surface area (TPSA) is 69.2 Å². The number of nitrogens with one attached hydrogen (secondary N) is 1. The molecule has 1 aliphatic rings. The second-order valence-electron chi connectivity index (χ2n) is 7.21. The number of ether oxygens (including phenoxy) is 3. The molecule has 0 unspecified atom stereocenters. The summed E-state index contributed by atoms with van der Waals surface area (Å²) in [4.78, 5) is 17.6. The molecule has 1 saturated heterocycles. The molecule has 0 radical (unpaired) electrons. The maximum atomic E-state index is 12.5. The second kappa shape index (κ2) is 11.1. The van der Waals surface area contributed by atoms with E-state index in [2.05, 4.69) is 10.3 Å². The molecule has 1 fully saturated rings. The van der Waals surface area contributed by atoms with Gasteiger partial charge in [0, 0.05) is 5.02 Å². The third kappa shape index (κ3) is 5.92. The van der Waals surface area contributed by atoms with Crippen LogP contribution >= 0.6 is 23.4 Å². The van der Waals surface area contributed by atoms with Gasteiger partial charge in [0.05, 0.1) is 18.6 Å². The van der Waals surface area contributed by atoms with E-state index < -0.39 is 0 Å². The number of nitrogens with zero attached hydrogens (tertiary/aromatic N) is 1. The Kier molecular flexibility index (Phi) is 7.77. The molecule has 8 heteroatoms. The molecule has 3 aromatic carbocycles. The van der Waals surface area contributed by atoms with Crippen molar-refractivity contribution >= 4 is 46.2 Å². The molecule has 1 aliphatic heterocycles. The number of amides is 1. The maximum absolute atomic E-state index is 12.5. The number of carbonyl (C=O) groups excluding carboxylic acids is 1. The van der Waals surface area contributed by atoms with Crippen molar-refractivity contribution in [3.8, 4) is 17.2 Å². The smallest absolute Gasteiger partial charge is 0.264 e. The zero-order chi connectivity index (χ0) is 23.9. The van der Waals surface area contributed by atoms with Gasteiger partial charge in [0.2, 0.25) is 0 Å². The summed E-state index contributed by atoms with van der Waals surface area (Å²) in [7, 11) is 1.58. The van der Waals surface area contributed by atoms with Gasteiger partial charge in [-0.05, 0) is 72.3 Å². The first-order valence-corrected chi connectivity index (χ1v) is 11.8. The van der Waals surface area contributed by atoms with Crippen molar-refractivity contribution in [2.45, 2.75) is 13.5 Å². The fourth-order valence-corrected chi connectivity index (χ4v) is 4.16. The highest BCUT2D eigenvalue weighted by atomic mass is 35.5. The molecule has 0 spiro atoms. The van der Waals surface area contributed by atoms with Crippen LogP contribution in [0.3, 0.4) is 0 Å². The molecule has 1 amide bonds. The number of thioether (sulfide) groups is 1. The molecule has 0 aromatic heterocycles. The van der Waals surface area contributed by atoms with E-state index in [1.165, 1.54) is 11.8 Å². The van der Waals surface area contributed by atoms with Gasteiger partial charge in [-0.2, -0.15) is 0 Å². The van der Waals surface area contributed by atoms with Gasteiger partial charge in [0.1, 0.15) is 18.0 Å². The van der Waals surface area contributed by atoms with Crippen LogP contribution < -0.4 is 19.5 Å². The molecule has 0 atom stereocenters. The molecular weight excluding hydrogens is 472 g/mol. The highest BCUT2D eigenvalue weighted by molar-refractivity contribution is 8.18. The number of halogens is 1. The van der Waals surface area contributed by atoms with Crippen molar-refractivity contribution in [1.29, 1.82) is 0 Å². The van der Waals surface area contributed by atoms with E-state index in [0.29, 0.717) is 51.2 Å².